The van der Waals surface area contributed by atoms with E-state index in [4.69, 9.17) is 0 Å². The van der Waals surface area contributed by atoms with Crippen molar-refractivity contribution >= 4 is 38.6 Å². The Kier molecular flexibility index (Phi) is 5.88. The fraction of sp³-hybridized carbons (Fsp3) is 0.500. The van der Waals surface area contributed by atoms with Crippen molar-refractivity contribution in [1.29, 1.82) is 0 Å². The molecule has 0 aliphatic carbocycles. The average Bonchev–Trinajstić information content (AvgIpc) is 3.23. The van der Waals surface area contributed by atoms with E-state index in [1.165, 1.54) is 0 Å². The molecule has 1 atom stereocenters. The van der Waals surface area contributed by atoms with E-state index in [1.54, 1.807) is 22.7 Å². The molecule has 1 N–H and O–H groups in total. The minimum Gasteiger partial charge on any atom is -0.338 e. The maximum atomic E-state index is 12.7. The number of piperidine rings is 1. The average molecular weight is 400 g/mol. The Bertz CT molecular complexity index is 815. The number of thiazole rings is 1. The molecule has 2 aromatic heterocycles. The number of sulfonamides is 1. The zero-order valence-electron chi connectivity index (χ0n) is 14.0. The van der Waals surface area contributed by atoms with Gasteiger partial charge in [0.25, 0.3) is 0 Å². The van der Waals surface area contributed by atoms with Crippen molar-refractivity contribution in [2.45, 2.75) is 31.7 Å². The van der Waals surface area contributed by atoms with Crippen molar-refractivity contribution in [3.8, 4) is 9.88 Å². The van der Waals surface area contributed by atoms with Crippen molar-refractivity contribution in [3.05, 3.63) is 28.6 Å². The Balaban J connectivity index is 1.64. The molecule has 0 saturated carbocycles. The van der Waals surface area contributed by atoms with Crippen LogP contribution in [0.3, 0.4) is 0 Å². The SMILES string of the molecule is CS(=O)(=O)NCC1CCCCN1C(=O)Cc1csc(-c2cccs2)n1. The molecule has 9 heteroatoms. The van der Waals surface area contributed by atoms with Crippen LogP contribution in [0.4, 0.5) is 0 Å². The van der Waals surface area contributed by atoms with Gasteiger partial charge in [-0.2, -0.15) is 0 Å². The lowest BCUT2D eigenvalue weighted by Crippen LogP contribution is -2.49. The fourth-order valence-electron chi connectivity index (χ4n) is 2.95. The number of thiophene rings is 1. The van der Waals surface area contributed by atoms with Crippen LogP contribution in [0.15, 0.2) is 22.9 Å². The van der Waals surface area contributed by atoms with Crippen LogP contribution in [0.2, 0.25) is 0 Å². The van der Waals surface area contributed by atoms with Crippen LogP contribution in [0, 0.1) is 0 Å². The van der Waals surface area contributed by atoms with Crippen LogP contribution in [-0.2, 0) is 21.2 Å². The first-order valence-corrected chi connectivity index (χ1v) is 11.8. The largest absolute Gasteiger partial charge is 0.338 e. The molecule has 0 radical (unpaired) electrons. The summed E-state index contributed by atoms with van der Waals surface area (Å²) in [5.41, 5.74) is 0.777. The van der Waals surface area contributed by atoms with Crippen LogP contribution in [-0.4, -0.2) is 49.6 Å². The predicted octanol–water partition coefficient (Wildman–Crippen LogP) is 2.34. The predicted molar refractivity (Wildman–Crippen MR) is 101 cm³/mol. The lowest BCUT2D eigenvalue weighted by atomic mass is 10.0. The number of nitrogens with one attached hydrogen (secondary N) is 1. The van der Waals surface area contributed by atoms with Gasteiger partial charge in [-0.3, -0.25) is 4.79 Å². The minimum atomic E-state index is -3.25. The van der Waals surface area contributed by atoms with E-state index in [-0.39, 0.29) is 24.9 Å². The third-order valence-corrected chi connectivity index (χ3v) is 6.77. The molecule has 0 aromatic carbocycles. The molecule has 1 fully saturated rings. The summed E-state index contributed by atoms with van der Waals surface area (Å²) < 4.78 is 25.2. The molecular weight excluding hydrogens is 378 g/mol. The molecule has 1 aliphatic rings. The van der Waals surface area contributed by atoms with Crippen LogP contribution in [0.1, 0.15) is 25.0 Å². The van der Waals surface area contributed by atoms with Crippen molar-refractivity contribution in [2.75, 3.05) is 19.3 Å². The number of carbonyl (C=O) groups excluding carboxylic acids is 1. The number of aromatic nitrogens is 1. The Morgan fingerprint density at radius 1 is 1.40 bits per heavy atom. The highest BCUT2D eigenvalue weighted by molar-refractivity contribution is 7.88. The van der Waals surface area contributed by atoms with Gasteiger partial charge in [0.2, 0.25) is 15.9 Å². The van der Waals surface area contributed by atoms with Gasteiger partial charge >= 0.3 is 0 Å². The second-order valence-corrected chi connectivity index (χ2v) is 9.79. The monoisotopic (exact) mass is 399 g/mol. The molecule has 2 aromatic rings. The number of likely N-dealkylation sites (tertiary alicyclic amines) is 1. The zero-order valence-corrected chi connectivity index (χ0v) is 16.4. The van der Waals surface area contributed by atoms with Gasteiger partial charge in [0.05, 0.1) is 23.2 Å². The molecule has 136 valence electrons. The van der Waals surface area contributed by atoms with E-state index in [0.29, 0.717) is 6.54 Å². The van der Waals surface area contributed by atoms with Gasteiger partial charge in [0.1, 0.15) is 5.01 Å². The van der Waals surface area contributed by atoms with E-state index in [9.17, 15) is 13.2 Å². The van der Waals surface area contributed by atoms with Gasteiger partial charge in [0.15, 0.2) is 0 Å². The number of hydrogen-bond acceptors (Lipinski definition) is 6. The quantitative estimate of drug-likeness (QED) is 0.809. The first kappa shape index (κ1) is 18.5. The van der Waals surface area contributed by atoms with E-state index < -0.39 is 10.0 Å². The summed E-state index contributed by atoms with van der Waals surface area (Å²) >= 11 is 3.18. The number of amides is 1. The van der Waals surface area contributed by atoms with E-state index in [0.717, 1.165) is 41.1 Å². The summed E-state index contributed by atoms with van der Waals surface area (Å²) in [6, 6.07) is 3.93. The van der Waals surface area contributed by atoms with Crippen LogP contribution in [0.25, 0.3) is 9.88 Å². The lowest BCUT2D eigenvalue weighted by Gasteiger charge is -2.35. The van der Waals surface area contributed by atoms with Crippen LogP contribution in [0.5, 0.6) is 0 Å². The zero-order chi connectivity index (χ0) is 17.9. The van der Waals surface area contributed by atoms with Gasteiger partial charge in [-0.05, 0) is 30.7 Å². The topological polar surface area (TPSA) is 79.4 Å². The number of carbonyl (C=O) groups is 1. The molecule has 1 aliphatic heterocycles. The molecule has 6 nitrogen and oxygen atoms in total. The van der Waals surface area contributed by atoms with E-state index in [1.807, 2.05) is 27.8 Å². The number of nitrogens with zero attached hydrogens (tertiary/aromatic N) is 2. The Labute approximate surface area is 155 Å². The molecule has 0 spiro atoms. The van der Waals surface area contributed by atoms with Gasteiger partial charge in [-0.15, -0.1) is 22.7 Å². The highest BCUT2D eigenvalue weighted by Gasteiger charge is 2.27. The molecule has 3 heterocycles. The summed E-state index contributed by atoms with van der Waals surface area (Å²) in [7, 11) is -3.25. The van der Waals surface area contributed by atoms with Crippen molar-refractivity contribution < 1.29 is 13.2 Å². The van der Waals surface area contributed by atoms with Crippen molar-refractivity contribution in [1.82, 2.24) is 14.6 Å². The first-order valence-electron chi connectivity index (χ1n) is 8.15. The molecule has 1 saturated heterocycles. The third kappa shape index (κ3) is 5.10. The van der Waals surface area contributed by atoms with Gasteiger partial charge in [0, 0.05) is 24.5 Å². The summed E-state index contributed by atoms with van der Waals surface area (Å²) in [6.07, 6.45) is 4.20. The van der Waals surface area contributed by atoms with Crippen LogP contribution < -0.4 is 4.72 Å². The molecule has 3 rings (SSSR count). The molecule has 1 amide bonds. The Hall–Kier alpha value is -1.29. The molecule has 25 heavy (non-hydrogen) atoms. The highest BCUT2D eigenvalue weighted by Crippen LogP contribution is 2.28. The second kappa shape index (κ2) is 7.94. The molecular formula is C16H21N3O3S3. The van der Waals surface area contributed by atoms with Gasteiger partial charge in [-0.25, -0.2) is 18.1 Å². The summed E-state index contributed by atoms with van der Waals surface area (Å²) in [4.78, 5) is 20.2. The maximum absolute atomic E-state index is 12.7. The number of hydrogen-bond donors (Lipinski definition) is 1. The summed E-state index contributed by atoms with van der Waals surface area (Å²) in [6.45, 7) is 0.957. The van der Waals surface area contributed by atoms with E-state index in [2.05, 4.69) is 9.71 Å². The first-order chi connectivity index (χ1) is 11.9. The lowest BCUT2D eigenvalue weighted by molar-refractivity contribution is -0.134. The summed E-state index contributed by atoms with van der Waals surface area (Å²) in [5.74, 6) is 0.0167. The third-order valence-electron chi connectivity index (χ3n) is 4.14. The van der Waals surface area contributed by atoms with Crippen LogP contribution >= 0.6 is 22.7 Å². The van der Waals surface area contributed by atoms with Gasteiger partial charge < -0.3 is 4.90 Å². The Morgan fingerprint density at radius 2 is 2.24 bits per heavy atom. The smallest absolute Gasteiger partial charge is 0.228 e. The standard InChI is InChI=1S/C16H21N3O3S3/c1-25(21,22)17-10-13-5-2-3-7-19(13)15(20)9-12-11-24-16(18-12)14-6-4-8-23-14/h4,6,8,11,13,17H,2-3,5,7,9-10H2,1H3. The van der Waals surface area contributed by atoms with Crippen molar-refractivity contribution in [2.24, 2.45) is 0 Å². The molecule has 1 unspecified atom stereocenters. The maximum Gasteiger partial charge on any atom is 0.228 e. The second-order valence-electron chi connectivity index (χ2n) is 6.16. The van der Waals surface area contributed by atoms with Crippen molar-refractivity contribution in [3.63, 3.8) is 0 Å². The van der Waals surface area contributed by atoms with E-state index >= 15 is 0 Å². The minimum absolute atomic E-state index is 0.0167. The summed E-state index contributed by atoms with van der Waals surface area (Å²) in [5, 5.41) is 4.88. The highest BCUT2D eigenvalue weighted by atomic mass is 32.2. The normalized spacial score (nSPS) is 18.4. The fourth-order valence-corrected chi connectivity index (χ4v) is 5.08. The molecule has 0 bridgehead atoms. The Morgan fingerprint density at radius 3 is 2.96 bits per heavy atom. The van der Waals surface area contributed by atoms with Gasteiger partial charge in [-0.1, -0.05) is 6.07 Å². The number of rotatable bonds is 6.